The molecule has 0 spiro atoms. The smallest absolute Gasteiger partial charge is 0 e. The molecule has 0 aromatic heterocycles. The minimum atomic E-state index is 0. The van der Waals surface area contributed by atoms with Crippen molar-refractivity contribution < 1.29 is 22.4 Å². The van der Waals surface area contributed by atoms with Gasteiger partial charge in [0.2, 0.25) is 0 Å². The van der Waals surface area contributed by atoms with Gasteiger partial charge in [0.05, 0.1) is 0 Å². The van der Waals surface area contributed by atoms with E-state index >= 15 is 0 Å². The average Bonchev–Trinajstić information content (AvgIpc) is 2.78. The minimum Gasteiger partial charge on any atom is -0.358 e. The van der Waals surface area contributed by atoms with Crippen LogP contribution in [0.4, 0.5) is 0 Å². The van der Waals surface area contributed by atoms with E-state index in [2.05, 4.69) is 54.6 Å². The molecule has 0 amide bonds. The van der Waals surface area contributed by atoms with Gasteiger partial charge < -0.3 is 7.43 Å². The third kappa shape index (κ3) is 3.76. The van der Waals surface area contributed by atoms with Gasteiger partial charge in [-0.15, -0.1) is 17.7 Å². The van der Waals surface area contributed by atoms with Gasteiger partial charge in [-0.3, -0.25) is 0 Å². The van der Waals surface area contributed by atoms with Crippen molar-refractivity contribution in [1.29, 1.82) is 0 Å². The molecule has 1 radical (unpaired) electrons. The van der Waals surface area contributed by atoms with E-state index in [4.69, 9.17) is 0 Å². The Bertz CT molecular complexity index is 937. The average molecular weight is 648 g/mol. The van der Waals surface area contributed by atoms with Gasteiger partial charge >= 0.3 is 0 Å². The van der Waals surface area contributed by atoms with Crippen LogP contribution in [-0.2, 0) is 22.4 Å². The Balaban J connectivity index is 0.00000114. The third-order valence-electron chi connectivity index (χ3n) is 11.4. The van der Waals surface area contributed by atoms with Crippen molar-refractivity contribution in [2.75, 3.05) is 0 Å². The van der Waals surface area contributed by atoms with Crippen molar-refractivity contribution in [3.8, 4) is 11.1 Å². The number of hydrogen-bond acceptors (Lipinski definition) is 0. The van der Waals surface area contributed by atoms with Crippen LogP contribution in [0.2, 0.25) is 0 Å². The van der Waals surface area contributed by atoms with Crippen LogP contribution in [0.25, 0.3) is 11.1 Å². The fraction of sp³-hybridized carbons (Fsp3) is 0.588. The minimum absolute atomic E-state index is 0. The SMILES string of the molecule is [Au].[CH3-].c1ccc(-c2ccccc2[C-](C23CC4CC(CC(C4)C2)C3)C23CC4CC(CC(C4)C2)C3)cc1. The van der Waals surface area contributed by atoms with Crippen molar-refractivity contribution in [3.05, 3.63) is 73.5 Å². The molecule has 2 aromatic carbocycles. The summed E-state index contributed by atoms with van der Waals surface area (Å²) in [4.78, 5) is 0. The zero-order chi connectivity index (χ0) is 21.6. The standard InChI is InChI=1S/C33H39.CH3.Au/c1-2-6-28(7-3-1)29-8-4-5-9-30(29)31(32-16-22-10-23(17-32)12-24(11-22)18-32)33-19-25-13-26(20-33)15-27(14-25)21-33;;/h1-9,22-27H,10-21H2;1H3;/q2*-1;. The molecular weight excluding hydrogens is 605 g/mol. The second-order valence-corrected chi connectivity index (χ2v) is 13.7. The zero-order valence-electron chi connectivity index (χ0n) is 21.4. The van der Waals surface area contributed by atoms with E-state index in [0.717, 1.165) is 35.5 Å². The van der Waals surface area contributed by atoms with Crippen LogP contribution in [0.1, 0.15) is 82.6 Å². The summed E-state index contributed by atoms with van der Waals surface area (Å²) < 4.78 is 0. The van der Waals surface area contributed by atoms with Gasteiger partial charge in [-0.2, -0.15) is 17.5 Å². The van der Waals surface area contributed by atoms with Gasteiger partial charge in [-0.05, 0) is 74.0 Å². The van der Waals surface area contributed by atoms with Gasteiger partial charge in [-0.25, -0.2) is 0 Å². The molecule has 191 valence electrons. The van der Waals surface area contributed by atoms with Crippen LogP contribution in [0.15, 0.2) is 54.6 Å². The van der Waals surface area contributed by atoms with E-state index in [1.54, 1.807) is 44.1 Å². The summed E-state index contributed by atoms with van der Waals surface area (Å²) in [6.07, 6.45) is 18.4. The van der Waals surface area contributed by atoms with E-state index in [-0.39, 0.29) is 29.8 Å². The summed E-state index contributed by atoms with van der Waals surface area (Å²) in [5.74, 6) is 8.11. The topological polar surface area (TPSA) is 0 Å². The van der Waals surface area contributed by atoms with Crippen LogP contribution in [-0.4, -0.2) is 0 Å². The van der Waals surface area contributed by atoms with Crippen molar-refractivity contribution in [2.45, 2.75) is 77.0 Å². The molecule has 8 aliphatic rings. The summed E-state index contributed by atoms with van der Waals surface area (Å²) in [6.45, 7) is 0. The Morgan fingerprint density at radius 2 is 0.886 bits per heavy atom. The molecular formula is C34H42Au-2. The van der Waals surface area contributed by atoms with Gasteiger partial charge in [0.1, 0.15) is 0 Å². The van der Waals surface area contributed by atoms with Crippen LogP contribution in [0, 0.1) is 59.7 Å². The molecule has 35 heavy (non-hydrogen) atoms. The molecule has 0 unspecified atom stereocenters. The molecule has 0 saturated heterocycles. The first-order chi connectivity index (χ1) is 16.2. The summed E-state index contributed by atoms with van der Waals surface area (Å²) in [5.41, 5.74) is 5.64. The molecule has 8 bridgehead atoms. The third-order valence-corrected chi connectivity index (χ3v) is 11.4. The molecule has 8 saturated carbocycles. The second-order valence-electron chi connectivity index (χ2n) is 13.7. The number of rotatable bonds is 4. The maximum absolute atomic E-state index is 2.56. The first-order valence-corrected chi connectivity index (χ1v) is 14.2. The molecule has 8 fully saturated rings. The summed E-state index contributed by atoms with van der Waals surface area (Å²) in [7, 11) is 0. The first kappa shape index (κ1) is 24.4. The Kier molecular flexibility index (Phi) is 6.14. The number of hydrogen-bond donors (Lipinski definition) is 0. The van der Waals surface area contributed by atoms with Gasteiger partial charge in [0.25, 0.3) is 0 Å². The quantitative estimate of drug-likeness (QED) is 0.229. The molecule has 0 N–H and O–H groups in total. The molecule has 10 rings (SSSR count). The monoisotopic (exact) mass is 647 g/mol. The van der Waals surface area contributed by atoms with Gasteiger partial charge in [0, 0.05) is 22.4 Å². The Hall–Kier alpha value is -0.950. The Labute approximate surface area is 229 Å². The van der Waals surface area contributed by atoms with Crippen molar-refractivity contribution in [1.82, 2.24) is 0 Å². The van der Waals surface area contributed by atoms with Crippen LogP contribution >= 0.6 is 0 Å². The molecule has 8 aliphatic carbocycles. The van der Waals surface area contributed by atoms with Crippen LogP contribution < -0.4 is 0 Å². The summed E-state index contributed by atoms with van der Waals surface area (Å²) in [6, 6.07) is 21.0. The summed E-state index contributed by atoms with van der Waals surface area (Å²) >= 11 is 0. The van der Waals surface area contributed by atoms with Gasteiger partial charge in [-0.1, -0.05) is 91.3 Å². The van der Waals surface area contributed by atoms with E-state index in [1.165, 1.54) is 49.7 Å². The maximum Gasteiger partial charge on any atom is 0 e. The maximum atomic E-state index is 2.56. The van der Waals surface area contributed by atoms with Crippen LogP contribution in [0.5, 0.6) is 0 Å². The predicted octanol–water partition coefficient (Wildman–Crippen LogP) is 9.16. The predicted molar refractivity (Wildman–Crippen MR) is 142 cm³/mol. The van der Waals surface area contributed by atoms with Gasteiger partial charge in [0.15, 0.2) is 0 Å². The summed E-state index contributed by atoms with van der Waals surface area (Å²) in [5, 5.41) is 0. The van der Waals surface area contributed by atoms with Crippen molar-refractivity contribution in [2.24, 2.45) is 46.3 Å². The van der Waals surface area contributed by atoms with E-state index in [1.807, 2.05) is 5.92 Å². The molecule has 0 atom stereocenters. The molecule has 0 nitrogen and oxygen atoms in total. The Morgan fingerprint density at radius 3 is 1.31 bits per heavy atom. The Morgan fingerprint density at radius 1 is 0.514 bits per heavy atom. The molecule has 0 aliphatic heterocycles. The van der Waals surface area contributed by atoms with E-state index in [9.17, 15) is 0 Å². The second kappa shape index (κ2) is 8.82. The fourth-order valence-electron chi connectivity index (χ4n) is 11.5. The van der Waals surface area contributed by atoms with Crippen LogP contribution in [0.3, 0.4) is 0 Å². The van der Waals surface area contributed by atoms with Crippen molar-refractivity contribution in [3.63, 3.8) is 0 Å². The zero-order valence-corrected chi connectivity index (χ0v) is 23.6. The fourth-order valence-corrected chi connectivity index (χ4v) is 11.5. The number of benzene rings is 2. The normalized spacial score (nSPS) is 41.8. The first-order valence-electron chi connectivity index (χ1n) is 14.2. The molecule has 1 heteroatoms. The van der Waals surface area contributed by atoms with E-state index in [0.29, 0.717) is 10.8 Å². The van der Waals surface area contributed by atoms with E-state index < -0.39 is 0 Å². The largest absolute Gasteiger partial charge is 0.358 e. The molecule has 0 heterocycles. The molecule has 2 aromatic rings. The van der Waals surface area contributed by atoms with Crippen molar-refractivity contribution >= 4 is 0 Å².